The number of nitrogens with one attached hydrogen (secondary N) is 1. The van der Waals surface area contributed by atoms with Crippen LogP contribution >= 0.6 is 0 Å². The van der Waals surface area contributed by atoms with Crippen LogP contribution in [0.4, 0.5) is 0 Å². The van der Waals surface area contributed by atoms with Gasteiger partial charge in [0, 0.05) is 6.54 Å². The van der Waals surface area contributed by atoms with Crippen molar-refractivity contribution >= 4 is 0 Å². The number of hydrogen-bond donors (Lipinski definition) is 1. The number of ether oxygens (including phenoxy) is 1. The average Bonchev–Trinajstić information content (AvgIpc) is 2.46. The molecule has 10 heavy (non-hydrogen) atoms. The van der Waals surface area contributed by atoms with E-state index in [1.807, 2.05) is 0 Å². The Morgan fingerprint density at radius 1 is 1.60 bits per heavy atom. The van der Waals surface area contributed by atoms with Gasteiger partial charge in [-0.05, 0) is 25.2 Å². The van der Waals surface area contributed by atoms with Crippen LogP contribution in [0.2, 0.25) is 0 Å². The highest BCUT2D eigenvalue weighted by atomic mass is 16.5. The Morgan fingerprint density at radius 2 is 2.50 bits per heavy atom. The molecule has 2 atom stereocenters. The SMILES string of the molecule is CC1CCC2(C1)NCCO2. The van der Waals surface area contributed by atoms with E-state index in [2.05, 4.69) is 12.2 Å². The first-order chi connectivity index (χ1) is 4.81. The molecule has 0 aromatic rings. The predicted octanol–water partition coefficient (Wildman–Crippen LogP) is 1.12. The third kappa shape index (κ3) is 0.956. The molecule has 0 amide bonds. The molecule has 1 saturated carbocycles. The Hall–Kier alpha value is -0.0800. The van der Waals surface area contributed by atoms with Gasteiger partial charge in [0.05, 0.1) is 6.61 Å². The molecule has 0 radical (unpaired) electrons. The lowest BCUT2D eigenvalue weighted by Crippen LogP contribution is -2.38. The van der Waals surface area contributed by atoms with E-state index < -0.39 is 0 Å². The van der Waals surface area contributed by atoms with E-state index in [0.717, 1.165) is 19.1 Å². The second kappa shape index (κ2) is 2.21. The van der Waals surface area contributed by atoms with Crippen LogP contribution in [0.3, 0.4) is 0 Å². The highest BCUT2D eigenvalue weighted by Crippen LogP contribution is 2.36. The molecule has 2 nitrogen and oxygen atoms in total. The molecule has 1 heterocycles. The average molecular weight is 141 g/mol. The highest BCUT2D eigenvalue weighted by molar-refractivity contribution is 4.90. The predicted molar refractivity (Wildman–Crippen MR) is 39.7 cm³/mol. The monoisotopic (exact) mass is 141 g/mol. The molecular weight excluding hydrogens is 126 g/mol. The Balaban J connectivity index is 2.03. The third-order valence-corrected chi connectivity index (χ3v) is 2.65. The Morgan fingerprint density at radius 3 is 3.00 bits per heavy atom. The smallest absolute Gasteiger partial charge is 0.119 e. The molecule has 1 aliphatic heterocycles. The van der Waals surface area contributed by atoms with Crippen LogP contribution in [0.1, 0.15) is 26.2 Å². The fraction of sp³-hybridized carbons (Fsp3) is 1.00. The first-order valence-corrected chi connectivity index (χ1v) is 4.20. The number of rotatable bonds is 0. The maximum atomic E-state index is 5.66. The van der Waals surface area contributed by atoms with Gasteiger partial charge in [0.1, 0.15) is 5.72 Å². The summed E-state index contributed by atoms with van der Waals surface area (Å²) >= 11 is 0. The van der Waals surface area contributed by atoms with Crippen molar-refractivity contribution in [3.05, 3.63) is 0 Å². The summed E-state index contributed by atoms with van der Waals surface area (Å²) in [7, 11) is 0. The normalized spacial score (nSPS) is 47.1. The van der Waals surface area contributed by atoms with Crippen molar-refractivity contribution < 1.29 is 4.74 Å². The first kappa shape index (κ1) is 6.62. The van der Waals surface area contributed by atoms with Crippen LogP contribution in [0, 0.1) is 5.92 Å². The summed E-state index contributed by atoms with van der Waals surface area (Å²) in [6, 6.07) is 0. The van der Waals surface area contributed by atoms with Crippen molar-refractivity contribution in [2.75, 3.05) is 13.2 Å². The lowest BCUT2D eigenvalue weighted by molar-refractivity contribution is -0.00627. The van der Waals surface area contributed by atoms with Gasteiger partial charge in [0.15, 0.2) is 0 Å². The van der Waals surface area contributed by atoms with Gasteiger partial charge in [-0.1, -0.05) is 6.92 Å². The quantitative estimate of drug-likeness (QED) is 0.546. The van der Waals surface area contributed by atoms with E-state index in [1.54, 1.807) is 0 Å². The van der Waals surface area contributed by atoms with Gasteiger partial charge in [0.25, 0.3) is 0 Å². The van der Waals surface area contributed by atoms with E-state index in [0.29, 0.717) is 0 Å². The lowest BCUT2D eigenvalue weighted by atomic mass is 10.1. The van der Waals surface area contributed by atoms with Crippen molar-refractivity contribution in [3.63, 3.8) is 0 Å². The Kier molecular flexibility index (Phi) is 1.46. The van der Waals surface area contributed by atoms with Crippen molar-refractivity contribution in [3.8, 4) is 0 Å². The minimum absolute atomic E-state index is 0.111. The van der Waals surface area contributed by atoms with Crippen LogP contribution < -0.4 is 5.32 Å². The fourth-order valence-corrected chi connectivity index (χ4v) is 2.11. The molecule has 0 bridgehead atoms. The Bertz CT molecular complexity index is 129. The summed E-state index contributed by atoms with van der Waals surface area (Å²) in [6.07, 6.45) is 3.76. The van der Waals surface area contributed by atoms with E-state index >= 15 is 0 Å². The lowest BCUT2D eigenvalue weighted by Gasteiger charge is -2.22. The molecule has 2 unspecified atom stereocenters. The molecule has 58 valence electrons. The van der Waals surface area contributed by atoms with E-state index in [1.165, 1.54) is 19.3 Å². The van der Waals surface area contributed by atoms with Crippen molar-refractivity contribution in [2.45, 2.75) is 31.9 Å². The van der Waals surface area contributed by atoms with Crippen LogP contribution in [-0.4, -0.2) is 18.9 Å². The van der Waals surface area contributed by atoms with Crippen molar-refractivity contribution in [1.82, 2.24) is 5.32 Å². The molecule has 1 saturated heterocycles. The third-order valence-electron chi connectivity index (χ3n) is 2.65. The molecular formula is C8H15NO. The van der Waals surface area contributed by atoms with Gasteiger partial charge in [-0.3, -0.25) is 5.32 Å². The van der Waals surface area contributed by atoms with Gasteiger partial charge < -0.3 is 4.74 Å². The van der Waals surface area contributed by atoms with Gasteiger partial charge in [-0.25, -0.2) is 0 Å². The summed E-state index contributed by atoms with van der Waals surface area (Å²) in [5.74, 6) is 0.852. The van der Waals surface area contributed by atoms with Crippen LogP contribution in [0.15, 0.2) is 0 Å². The van der Waals surface area contributed by atoms with Crippen LogP contribution in [0.5, 0.6) is 0 Å². The second-order valence-electron chi connectivity index (χ2n) is 3.62. The van der Waals surface area contributed by atoms with E-state index in [-0.39, 0.29) is 5.72 Å². The van der Waals surface area contributed by atoms with Gasteiger partial charge in [-0.15, -0.1) is 0 Å². The first-order valence-electron chi connectivity index (χ1n) is 4.20. The van der Waals surface area contributed by atoms with Gasteiger partial charge in [-0.2, -0.15) is 0 Å². The summed E-state index contributed by atoms with van der Waals surface area (Å²) in [4.78, 5) is 0. The molecule has 0 aromatic heterocycles. The summed E-state index contributed by atoms with van der Waals surface area (Å²) in [5.41, 5.74) is 0.111. The second-order valence-corrected chi connectivity index (χ2v) is 3.62. The minimum Gasteiger partial charge on any atom is -0.359 e. The van der Waals surface area contributed by atoms with Crippen molar-refractivity contribution in [2.24, 2.45) is 5.92 Å². The maximum absolute atomic E-state index is 5.66. The Labute approximate surface area is 61.9 Å². The molecule has 1 aliphatic carbocycles. The molecule has 2 fully saturated rings. The molecule has 2 heteroatoms. The van der Waals surface area contributed by atoms with Crippen LogP contribution in [-0.2, 0) is 4.74 Å². The zero-order chi connectivity index (χ0) is 7.03. The zero-order valence-corrected chi connectivity index (χ0v) is 6.52. The van der Waals surface area contributed by atoms with E-state index in [9.17, 15) is 0 Å². The molecule has 1 spiro atoms. The standard InChI is InChI=1S/C8H15NO/c1-7-2-3-8(6-7)9-4-5-10-8/h7,9H,2-6H2,1H3. The molecule has 0 aromatic carbocycles. The molecule has 1 N–H and O–H groups in total. The van der Waals surface area contributed by atoms with Gasteiger partial charge >= 0.3 is 0 Å². The summed E-state index contributed by atoms with van der Waals surface area (Å²) in [6.45, 7) is 4.26. The zero-order valence-electron chi connectivity index (χ0n) is 6.52. The minimum atomic E-state index is 0.111. The molecule has 2 rings (SSSR count). The largest absolute Gasteiger partial charge is 0.359 e. The van der Waals surface area contributed by atoms with Crippen molar-refractivity contribution in [1.29, 1.82) is 0 Å². The fourth-order valence-electron chi connectivity index (χ4n) is 2.11. The van der Waals surface area contributed by atoms with Gasteiger partial charge in [0.2, 0.25) is 0 Å². The van der Waals surface area contributed by atoms with Crippen LogP contribution in [0.25, 0.3) is 0 Å². The summed E-state index contributed by atoms with van der Waals surface area (Å²) < 4.78 is 5.66. The molecule has 2 aliphatic rings. The van der Waals surface area contributed by atoms with E-state index in [4.69, 9.17) is 4.74 Å². The topological polar surface area (TPSA) is 21.3 Å². The maximum Gasteiger partial charge on any atom is 0.119 e. The highest BCUT2D eigenvalue weighted by Gasteiger charge is 2.40. The summed E-state index contributed by atoms with van der Waals surface area (Å²) in [5, 5.41) is 3.44. The number of hydrogen-bond acceptors (Lipinski definition) is 2.